The van der Waals surface area contributed by atoms with Gasteiger partial charge in [-0.1, -0.05) is 0 Å². The molecule has 2 heterocycles. The molecule has 3 rings (SSSR count). The molecule has 0 bridgehead atoms. The summed E-state index contributed by atoms with van der Waals surface area (Å²) in [4.78, 5) is 21.2. The van der Waals surface area contributed by atoms with Gasteiger partial charge in [0.05, 0.1) is 18.8 Å². The highest BCUT2D eigenvalue weighted by molar-refractivity contribution is 5.76. The van der Waals surface area contributed by atoms with E-state index in [4.69, 9.17) is 9.84 Å². The Morgan fingerprint density at radius 1 is 1.00 bits per heavy atom. The van der Waals surface area contributed by atoms with Crippen LogP contribution in [0.15, 0.2) is 24.3 Å². The Hall–Kier alpha value is -2.29. The minimum absolute atomic E-state index is 0.224. The summed E-state index contributed by atoms with van der Waals surface area (Å²) in [5, 5.41) is 8.52. The van der Waals surface area contributed by atoms with E-state index in [0.717, 1.165) is 12.1 Å². The van der Waals surface area contributed by atoms with E-state index in [1.807, 2.05) is 0 Å². The van der Waals surface area contributed by atoms with Crippen LogP contribution < -0.4 is 4.74 Å². The van der Waals surface area contributed by atoms with Gasteiger partial charge in [-0.2, -0.15) is 13.2 Å². The van der Waals surface area contributed by atoms with Crippen LogP contribution in [0.5, 0.6) is 5.75 Å². The molecule has 132 valence electrons. The number of hydrogen-bond donors (Lipinski definition) is 1. The average molecular weight is 348 g/mol. The fourth-order valence-electron chi connectivity index (χ4n) is 1.96. The molecule has 0 spiro atoms. The van der Waals surface area contributed by atoms with E-state index in [1.165, 1.54) is 12.1 Å². The van der Waals surface area contributed by atoms with Gasteiger partial charge in [-0.05, 0) is 24.3 Å². The van der Waals surface area contributed by atoms with Crippen molar-refractivity contribution in [2.45, 2.75) is 31.2 Å². The minimum atomic E-state index is -4.37. The number of hydrogen-bond acceptors (Lipinski definition) is 6. The summed E-state index contributed by atoms with van der Waals surface area (Å²) in [5.41, 5.74) is -0.751. The SMILES string of the molecule is O=C1OCC[C@@H]1O.O=C1OCC[C@H]1Oc1ccc(C(F)(F)F)cc1. The maximum Gasteiger partial charge on any atom is 0.416 e. The van der Waals surface area contributed by atoms with Gasteiger partial charge < -0.3 is 19.3 Å². The highest BCUT2D eigenvalue weighted by atomic mass is 19.4. The average Bonchev–Trinajstić information content (AvgIpc) is 3.09. The van der Waals surface area contributed by atoms with E-state index in [0.29, 0.717) is 19.4 Å². The third-order valence-electron chi connectivity index (χ3n) is 3.25. The molecule has 1 aromatic rings. The molecule has 0 amide bonds. The van der Waals surface area contributed by atoms with Crippen molar-refractivity contribution in [3.8, 4) is 5.75 Å². The van der Waals surface area contributed by atoms with Gasteiger partial charge in [0.25, 0.3) is 0 Å². The van der Waals surface area contributed by atoms with Crippen LogP contribution in [0, 0.1) is 0 Å². The Morgan fingerprint density at radius 2 is 1.58 bits per heavy atom. The van der Waals surface area contributed by atoms with E-state index in [2.05, 4.69) is 9.47 Å². The molecular weight excluding hydrogens is 333 g/mol. The number of cyclic esters (lactones) is 2. The predicted octanol–water partition coefficient (Wildman–Crippen LogP) is 1.69. The molecule has 2 aliphatic heterocycles. The van der Waals surface area contributed by atoms with Gasteiger partial charge in [0.1, 0.15) is 5.75 Å². The second-order valence-electron chi connectivity index (χ2n) is 5.06. The topological polar surface area (TPSA) is 82.1 Å². The van der Waals surface area contributed by atoms with Crippen molar-refractivity contribution in [2.75, 3.05) is 13.2 Å². The quantitative estimate of drug-likeness (QED) is 0.819. The summed E-state index contributed by atoms with van der Waals surface area (Å²) < 4.78 is 51.1. The zero-order valence-electron chi connectivity index (χ0n) is 12.4. The molecule has 0 aromatic heterocycles. The zero-order chi connectivity index (χ0) is 17.7. The van der Waals surface area contributed by atoms with Crippen molar-refractivity contribution >= 4 is 11.9 Å². The molecule has 24 heavy (non-hydrogen) atoms. The Labute approximate surface area is 135 Å². The summed E-state index contributed by atoms with van der Waals surface area (Å²) in [6.07, 6.45) is -5.06. The Kier molecular flexibility index (Phi) is 5.66. The number of halogens is 3. The molecule has 0 aliphatic carbocycles. The molecule has 6 nitrogen and oxygen atoms in total. The highest BCUT2D eigenvalue weighted by Crippen LogP contribution is 2.30. The first-order valence-electron chi connectivity index (χ1n) is 7.12. The number of carbonyl (C=O) groups is 2. The second-order valence-corrected chi connectivity index (χ2v) is 5.06. The van der Waals surface area contributed by atoms with Crippen molar-refractivity contribution in [2.24, 2.45) is 0 Å². The maximum atomic E-state index is 12.3. The van der Waals surface area contributed by atoms with Crippen molar-refractivity contribution in [1.29, 1.82) is 0 Å². The number of rotatable bonds is 2. The Bertz CT molecular complexity index is 584. The lowest BCUT2D eigenvalue weighted by molar-refractivity contribution is -0.144. The minimum Gasteiger partial charge on any atom is -0.479 e. The van der Waals surface area contributed by atoms with Crippen LogP contribution in [-0.2, 0) is 25.2 Å². The lowest BCUT2D eigenvalue weighted by Gasteiger charge is -2.11. The third-order valence-corrected chi connectivity index (χ3v) is 3.25. The van der Waals surface area contributed by atoms with Gasteiger partial charge in [0, 0.05) is 12.8 Å². The van der Waals surface area contributed by atoms with Crippen LogP contribution in [0.3, 0.4) is 0 Å². The van der Waals surface area contributed by atoms with Crippen molar-refractivity contribution in [1.82, 2.24) is 0 Å². The number of carbonyl (C=O) groups excluding carboxylic acids is 2. The number of esters is 2. The van der Waals surface area contributed by atoms with Crippen LogP contribution in [0.1, 0.15) is 18.4 Å². The van der Waals surface area contributed by atoms with Gasteiger partial charge in [0.2, 0.25) is 0 Å². The largest absolute Gasteiger partial charge is 0.479 e. The molecule has 0 radical (unpaired) electrons. The molecule has 2 fully saturated rings. The number of aliphatic hydroxyl groups excluding tert-OH is 1. The van der Waals surface area contributed by atoms with Crippen molar-refractivity contribution in [3.63, 3.8) is 0 Å². The lowest BCUT2D eigenvalue weighted by Crippen LogP contribution is -2.21. The van der Waals surface area contributed by atoms with Crippen LogP contribution in [0.4, 0.5) is 13.2 Å². The zero-order valence-corrected chi connectivity index (χ0v) is 12.4. The normalized spacial score (nSPS) is 23.2. The fourth-order valence-corrected chi connectivity index (χ4v) is 1.96. The molecule has 9 heteroatoms. The predicted molar refractivity (Wildman–Crippen MR) is 73.0 cm³/mol. The monoisotopic (exact) mass is 348 g/mol. The van der Waals surface area contributed by atoms with E-state index >= 15 is 0 Å². The van der Waals surface area contributed by atoms with Crippen LogP contribution in [-0.4, -0.2) is 42.5 Å². The van der Waals surface area contributed by atoms with Gasteiger partial charge in [0.15, 0.2) is 12.2 Å². The van der Waals surface area contributed by atoms with Crippen LogP contribution in [0.25, 0.3) is 0 Å². The highest BCUT2D eigenvalue weighted by Gasteiger charge is 2.31. The summed E-state index contributed by atoms with van der Waals surface area (Å²) in [6, 6.07) is 4.20. The summed E-state index contributed by atoms with van der Waals surface area (Å²) in [5.74, 6) is -0.744. The Balaban J connectivity index is 0.000000249. The number of ether oxygens (including phenoxy) is 3. The second kappa shape index (κ2) is 7.52. The number of benzene rings is 1. The van der Waals surface area contributed by atoms with Gasteiger partial charge >= 0.3 is 18.1 Å². The molecule has 0 unspecified atom stereocenters. The first-order chi connectivity index (χ1) is 11.3. The standard InChI is InChI=1S/C11H9F3O3.C4H6O3/c12-11(13,14)7-1-3-8(4-2-7)17-9-5-6-16-10(9)15;5-3-1-2-7-4(3)6/h1-4,9H,5-6H2;3,5H,1-2H2/t9-;3-/m10/s1. The van der Waals surface area contributed by atoms with E-state index in [9.17, 15) is 22.8 Å². The first kappa shape index (κ1) is 18.1. The number of aliphatic hydroxyl groups is 1. The smallest absolute Gasteiger partial charge is 0.416 e. The summed E-state index contributed by atoms with van der Waals surface area (Å²) in [6.45, 7) is 0.657. The first-order valence-corrected chi connectivity index (χ1v) is 7.12. The van der Waals surface area contributed by atoms with Crippen LogP contribution >= 0.6 is 0 Å². The summed E-state index contributed by atoms with van der Waals surface area (Å²) >= 11 is 0. The van der Waals surface area contributed by atoms with E-state index in [1.54, 1.807) is 0 Å². The van der Waals surface area contributed by atoms with Gasteiger partial charge in [-0.15, -0.1) is 0 Å². The van der Waals surface area contributed by atoms with E-state index < -0.39 is 35.9 Å². The molecule has 2 saturated heterocycles. The molecule has 0 saturated carbocycles. The molecule has 1 aromatic carbocycles. The van der Waals surface area contributed by atoms with E-state index in [-0.39, 0.29) is 12.4 Å². The lowest BCUT2D eigenvalue weighted by atomic mass is 10.2. The molecular formula is C15H15F3O6. The Morgan fingerprint density at radius 3 is 1.96 bits per heavy atom. The molecule has 2 aliphatic rings. The molecule has 1 N–H and O–H groups in total. The van der Waals surface area contributed by atoms with Gasteiger partial charge in [-0.3, -0.25) is 0 Å². The maximum absolute atomic E-state index is 12.3. The van der Waals surface area contributed by atoms with Crippen molar-refractivity contribution in [3.05, 3.63) is 29.8 Å². The number of alkyl halides is 3. The fraction of sp³-hybridized carbons (Fsp3) is 0.467. The van der Waals surface area contributed by atoms with Crippen LogP contribution in [0.2, 0.25) is 0 Å². The molecule has 2 atom stereocenters. The van der Waals surface area contributed by atoms with Crippen molar-refractivity contribution < 1.29 is 42.1 Å². The third kappa shape index (κ3) is 4.85. The summed E-state index contributed by atoms with van der Waals surface area (Å²) in [7, 11) is 0. The van der Waals surface area contributed by atoms with Gasteiger partial charge in [-0.25, -0.2) is 9.59 Å².